The highest BCUT2D eigenvalue weighted by atomic mass is 14.9. The number of aromatic nitrogens is 1. The largest absolute Gasteiger partial charge is 0.381 e. The number of hydrogen-bond acceptors (Lipinski definition) is 2. The van der Waals surface area contributed by atoms with Crippen LogP contribution in [0.4, 0.5) is 5.69 Å². The van der Waals surface area contributed by atoms with Crippen molar-refractivity contribution in [2.45, 2.75) is 25.3 Å². The first-order chi connectivity index (χ1) is 10.4. The molecular weight excluding hydrogens is 256 g/mol. The van der Waals surface area contributed by atoms with Crippen LogP contribution in [0.25, 0.3) is 10.8 Å². The molecule has 3 aromatic rings. The van der Waals surface area contributed by atoms with Gasteiger partial charge in [0.25, 0.3) is 0 Å². The van der Waals surface area contributed by atoms with Crippen molar-refractivity contribution in [2.75, 3.05) is 5.32 Å². The smallest absolute Gasteiger partial charge is 0.0423 e. The standard InChI is InChI=1S/C19H18N2/c1-2-5-15-12-17(9-8-14(15)4-1)21-19-7-3-6-16-13-20-11-10-18(16)19/h1-7,10-11,13,17,21H,8-9,12H2. The summed E-state index contributed by atoms with van der Waals surface area (Å²) in [5.41, 5.74) is 4.22. The van der Waals surface area contributed by atoms with Gasteiger partial charge < -0.3 is 5.32 Å². The normalized spacial score (nSPS) is 17.4. The number of aryl methyl sites for hydroxylation is 1. The molecule has 0 fully saturated rings. The summed E-state index contributed by atoms with van der Waals surface area (Å²) in [6.07, 6.45) is 7.26. The van der Waals surface area contributed by atoms with Gasteiger partial charge in [0.05, 0.1) is 0 Å². The summed E-state index contributed by atoms with van der Waals surface area (Å²) in [7, 11) is 0. The molecule has 1 atom stereocenters. The predicted molar refractivity (Wildman–Crippen MR) is 87.6 cm³/mol. The highest BCUT2D eigenvalue weighted by Crippen LogP contribution is 2.27. The van der Waals surface area contributed by atoms with Crippen LogP contribution in [-0.4, -0.2) is 11.0 Å². The zero-order valence-electron chi connectivity index (χ0n) is 11.9. The zero-order chi connectivity index (χ0) is 14.1. The van der Waals surface area contributed by atoms with Crippen LogP contribution >= 0.6 is 0 Å². The quantitative estimate of drug-likeness (QED) is 0.757. The van der Waals surface area contributed by atoms with Crippen molar-refractivity contribution < 1.29 is 0 Å². The number of nitrogens with zero attached hydrogens (tertiary/aromatic N) is 1. The summed E-state index contributed by atoms with van der Waals surface area (Å²) in [6.45, 7) is 0. The van der Waals surface area contributed by atoms with E-state index in [0.29, 0.717) is 6.04 Å². The average molecular weight is 274 g/mol. The molecule has 2 aromatic carbocycles. The highest BCUT2D eigenvalue weighted by molar-refractivity contribution is 5.93. The Labute approximate surface area is 124 Å². The molecule has 2 heteroatoms. The fraction of sp³-hybridized carbons (Fsp3) is 0.211. The maximum atomic E-state index is 4.20. The Balaban J connectivity index is 1.62. The molecule has 2 nitrogen and oxygen atoms in total. The van der Waals surface area contributed by atoms with Gasteiger partial charge in [0.15, 0.2) is 0 Å². The average Bonchev–Trinajstić information content (AvgIpc) is 2.55. The van der Waals surface area contributed by atoms with Crippen LogP contribution in [0, 0.1) is 0 Å². The first-order valence-corrected chi connectivity index (χ1v) is 7.56. The van der Waals surface area contributed by atoms with Crippen LogP contribution in [0.15, 0.2) is 60.9 Å². The Morgan fingerprint density at radius 2 is 1.86 bits per heavy atom. The minimum Gasteiger partial charge on any atom is -0.381 e. The predicted octanol–water partition coefficient (Wildman–Crippen LogP) is 4.20. The molecule has 21 heavy (non-hydrogen) atoms. The lowest BCUT2D eigenvalue weighted by atomic mass is 9.88. The lowest BCUT2D eigenvalue weighted by molar-refractivity contribution is 0.611. The van der Waals surface area contributed by atoms with Crippen LogP contribution in [0.3, 0.4) is 0 Å². The molecule has 1 aliphatic carbocycles. The van der Waals surface area contributed by atoms with Gasteiger partial charge in [-0.25, -0.2) is 0 Å². The van der Waals surface area contributed by atoms with E-state index in [0.717, 1.165) is 6.42 Å². The van der Waals surface area contributed by atoms with E-state index < -0.39 is 0 Å². The lowest BCUT2D eigenvalue weighted by Crippen LogP contribution is -2.27. The second-order valence-corrected chi connectivity index (χ2v) is 5.76. The molecule has 4 rings (SSSR count). The highest BCUT2D eigenvalue weighted by Gasteiger charge is 2.18. The van der Waals surface area contributed by atoms with Crippen molar-refractivity contribution in [1.29, 1.82) is 0 Å². The summed E-state index contributed by atoms with van der Waals surface area (Å²) < 4.78 is 0. The molecule has 0 amide bonds. The van der Waals surface area contributed by atoms with Gasteiger partial charge in [-0.2, -0.15) is 0 Å². The van der Waals surface area contributed by atoms with Crippen molar-refractivity contribution in [2.24, 2.45) is 0 Å². The molecule has 1 aliphatic rings. The first-order valence-electron chi connectivity index (χ1n) is 7.56. The Morgan fingerprint density at radius 3 is 2.81 bits per heavy atom. The van der Waals surface area contributed by atoms with Crippen LogP contribution in [0.5, 0.6) is 0 Å². The second-order valence-electron chi connectivity index (χ2n) is 5.76. The zero-order valence-corrected chi connectivity index (χ0v) is 11.9. The van der Waals surface area contributed by atoms with Gasteiger partial charge in [-0.1, -0.05) is 36.4 Å². The van der Waals surface area contributed by atoms with Gasteiger partial charge in [0.2, 0.25) is 0 Å². The van der Waals surface area contributed by atoms with Gasteiger partial charge in [0.1, 0.15) is 0 Å². The number of benzene rings is 2. The van der Waals surface area contributed by atoms with Crippen molar-refractivity contribution in [3.05, 3.63) is 72.1 Å². The minimum atomic E-state index is 0.513. The molecule has 0 saturated carbocycles. The van der Waals surface area contributed by atoms with Crippen molar-refractivity contribution in [3.8, 4) is 0 Å². The van der Waals surface area contributed by atoms with Gasteiger partial charge >= 0.3 is 0 Å². The molecule has 0 spiro atoms. The first kappa shape index (κ1) is 12.4. The maximum Gasteiger partial charge on any atom is 0.0423 e. The molecule has 1 N–H and O–H groups in total. The van der Waals surface area contributed by atoms with E-state index in [4.69, 9.17) is 0 Å². The number of fused-ring (bicyclic) bond motifs is 2. The van der Waals surface area contributed by atoms with E-state index in [-0.39, 0.29) is 0 Å². The SMILES string of the molecule is c1ccc2c(c1)CCC(Nc1cccc3cnccc13)C2. The third kappa shape index (κ3) is 2.38. The number of nitrogens with one attached hydrogen (secondary N) is 1. The van der Waals surface area contributed by atoms with Gasteiger partial charge in [-0.15, -0.1) is 0 Å². The van der Waals surface area contributed by atoms with Crippen molar-refractivity contribution >= 4 is 16.5 Å². The Bertz CT molecular complexity index is 774. The van der Waals surface area contributed by atoms with Crippen LogP contribution in [-0.2, 0) is 12.8 Å². The third-order valence-corrected chi connectivity index (χ3v) is 4.39. The fourth-order valence-corrected chi connectivity index (χ4v) is 3.29. The maximum absolute atomic E-state index is 4.20. The van der Waals surface area contributed by atoms with E-state index in [1.165, 1.54) is 40.4 Å². The Kier molecular flexibility index (Phi) is 3.07. The third-order valence-electron chi connectivity index (χ3n) is 4.39. The molecule has 1 aromatic heterocycles. The molecule has 1 heterocycles. The van der Waals surface area contributed by atoms with Crippen LogP contribution in [0.2, 0.25) is 0 Å². The second kappa shape index (κ2) is 5.21. The molecular formula is C19H18N2. The van der Waals surface area contributed by atoms with E-state index in [1.807, 2.05) is 12.4 Å². The fourth-order valence-electron chi connectivity index (χ4n) is 3.29. The summed E-state index contributed by atoms with van der Waals surface area (Å²) in [5, 5.41) is 6.19. The number of rotatable bonds is 2. The van der Waals surface area contributed by atoms with Crippen LogP contribution < -0.4 is 5.32 Å². The molecule has 104 valence electrons. The van der Waals surface area contributed by atoms with E-state index in [2.05, 4.69) is 58.8 Å². The molecule has 0 saturated heterocycles. The summed E-state index contributed by atoms with van der Waals surface area (Å²) >= 11 is 0. The summed E-state index contributed by atoms with van der Waals surface area (Å²) in [6, 6.07) is 17.8. The topological polar surface area (TPSA) is 24.9 Å². The van der Waals surface area contributed by atoms with Gasteiger partial charge in [-0.3, -0.25) is 4.98 Å². The van der Waals surface area contributed by atoms with E-state index in [1.54, 1.807) is 0 Å². The number of hydrogen-bond donors (Lipinski definition) is 1. The monoisotopic (exact) mass is 274 g/mol. The van der Waals surface area contributed by atoms with Gasteiger partial charge in [0, 0.05) is 34.9 Å². The number of anilines is 1. The minimum absolute atomic E-state index is 0.513. The number of pyridine rings is 1. The molecule has 0 bridgehead atoms. The molecule has 0 aliphatic heterocycles. The Hall–Kier alpha value is -2.35. The van der Waals surface area contributed by atoms with Crippen molar-refractivity contribution in [3.63, 3.8) is 0 Å². The van der Waals surface area contributed by atoms with Gasteiger partial charge in [-0.05, 0) is 42.5 Å². The summed E-state index contributed by atoms with van der Waals surface area (Å²) in [4.78, 5) is 4.20. The molecule has 0 radical (unpaired) electrons. The Morgan fingerprint density at radius 1 is 0.952 bits per heavy atom. The van der Waals surface area contributed by atoms with Crippen LogP contribution in [0.1, 0.15) is 17.5 Å². The van der Waals surface area contributed by atoms with E-state index >= 15 is 0 Å². The molecule has 1 unspecified atom stereocenters. The van der Waals surface area contributed by atoms with Crippen molar-refractivity contribution in [1.82, 2.24) is 4.98 Å². The van der Waals surface area contributed by atoms with E-state index in [9.17, 15) is 0 Å². The summed E-state index contributed by atoms with van der Waals surface area (Å²) in [5.74, 6) is 0. The lowest BCUT2D eigenvalue weighted by Gasteiger charge is -2.26.